The minimum absolute atomic E-state index is 0.0815. The maximum absolute atomic E-state index is 12.2. The maximum Gasteiger partial charge on any atom is 0.228 e. The van der Waals surface area contributed by atoms with Gasteiger partial charge in [-0.05, 0) is 25.7 Å². The summed E-state index contributed by atoms with van der Waals surface area (Å²) in [6.45, 7) is 3.65. The number of hydrogen-bond donors (Lipinski definition) is 0. The fourth-order valence-corrected chi connectivity index (χ4v) is 2.54. The van der Waals surface area contributed by atoms with E-state index in [1.54, 1.807) is 0 Å². The van der Waals surface area contributed by atoms with Crippen LogP contribution in [-0.2, 0) is 9.53 Å². The summed E-state index contributed by atoms with van der Waals surface area (Å²) in [6.07, 6.45) is 5.11. The third-order valence-electron chi connectivity index (χ3n) is 3.43. The Bertz CT molecular complexity index is 235. The summed E-state index contributed by atoms with van der Waals surface area (Å²) < 4.78 is 5.56. The predicted molar refractivity (Wildman–Crippen MR) is 70.3 cm³/mol. The first kappa shape index (κ1) is 14.8. The summed E-state index contributed by atoms with van der Waals surface area (Å²) in [7, 11) is 1.90. The van der Waals surface area contributed by atoms with Gasteiger partial charge in [0.25, 0.3) is 0 Å². The summed E-state index contributed by atoms with van der Waals surface area (Å²) in [5.74, 6) is 1.05. The van der Waals surface area contributed by atoms with Gasteiger partial charge >= 0.3 is 0 Å². The maximum atomic E-state index is 12.2. The lowest BCUT2D eigenvalue weighted by atomic mass is 9.98. The van der Waals surface area contributed by atoms with Crippen molar-refractivity contribution in [2.45, 2.75) is 45.1 Å². The number of unbranched alkanes of at least 4 members (excludes halogenated alkanes) is 2. The molecule has 1 heterocycles. The van der Waals surface area contributed by atoms with Gasteiger partial charge in [0.15, 0.2) is 0 Å². The second kappa shape index (κ2) is 7.93. The average molecular weight is 262 g/mol. The van der Waals surface area contributed by atoms with Crippen molar-refractivity contribution in [3.05, 3.63) is 0 Å². The largest absolute Gasteiger partial charge is 0.377 e. The number of amides is 1. The number of nitrogens with zero attached hydrogens (tertiary/aromatic N) is 1. The minimum atomic E-state index is 0.0815. The van der Waals surface area contributed by atoms with Crippen molar-refractivity contribution in [2.24, 2.45) is 5.92 Å². The van der Waals surface area contributed by atoms with Crippen molar-refractivity contribution in [1.29, 1.82) is 0 Å². The molecule has 1 saturated heterocycles. The number of hydrogen-bond acceptors (Lipinski definition) is 2. The van der Waals surface area contributed by atoms with Crippen molar-refractivity contribution >= 4 is 17.5 Å². The number of ether oxygens (including phenoxy) is 1. The van der Waals surface area contributed by atoms with E-state index in [1.807, 2.05) is 11.9 Å². The summed E-state index contributed by atoms with van der Waals surface area (Å²) in [4.78, 5) is 14.1. The third kappa shape index (κ3) is 4.47. The summed E-state index contributed by atoms with van der Waals surface area (Å²) in [5.41, 5.74) is 0. The van der Waals surface area contributed by atoms with Crippen LogP contribution in [0.1, 0.15) is 39.0 Å². The molecule has 0 saturated carbocycles. The van der Waals surface area contributed by atoms with Gasteiger partial charge in [0.2, 0.25) is 5.91 Å². The van der Waals surface area contributed by atoms with Gasteiger partial charge in [0.1, 0.15) is 0 Å². The molecule has 17 heavy (non-hydrogen) atoms. The molecule has 1 fully saturated rings. The van der Waals surface area contributed by atoms with Gasteiger partial charge in [-0.3, -0.25) is 4.79 Å². The molecular formula is C13H24ClNO2. The topological polar surface area (TPSA) is 29.5 Å². The highest BCUT2D eigenvalue weighted by Crippen LogP contribution is 2.25. The Balaban J connectivity index is 2.30. The lowest BCUT2D eigenvalue weighted by molar-refractivity contribution is -0.136. The quantitative estimate of drug-likeness (QED) is 0.521. The zero-order valence-corrected chi connectivity index (χ0v) is 11.7. The van der Waals surface area contributed by atoms with E-state index in [-0.39, 0.29) is 17.9 Å². The van der Waals surface area contributed by atoms with Crippen LogP contribution < -0.4 is 0 Å². The van der Waals surface area contributed by atoms with E-state index in [9.17, 15) is 4.79 Å². The molecule has 0 aliphatic carbocycles. The first-order chi connectivity index (χ1) is 8.20. The van der Waals surface area contributed by atoms with Crippen LogP contribution in [0.25, 0.3) is 0 Å². The molecule has 1 aliphatic rings. The van der Waals surface area contributed by atoms with Crippen LogP contribution in [0.15, 0.2) is 0 Å². The van der Waals surface area contributed by atoms with Gasteiger partial charge in [-0.2, -0.15) is 0 Å². The Labute approximate surface area is 109 Å². The first-order valence-corrected chi connectivity index (χ1v) is 7.16. The predicted octanol–water partition coefficient (Wildman–Crippen LogP) is 2.67. The highest BCUT2D eigenvalue weighted by atomic mass is 35.5. The van der Waals surface area contributed by atoms with E-state index in [0.29, 0.717) is 5.88 Å². The Morgan fingerprint density at radius 3 is 2.82 bits per heavy atom. The number of halogens is 1. The van der Waals surface area contributed by atoms with E-state index < -0.39 is 0 Å². The van der Waals surface area contributed by atoms with Crippen LogP contribution in [0.3, 0.4) is 0 Å². The fraction of sp³-hybridized carbons (Fsp3) is 0.923. The van der Waals surface area contributed by atoms with Crippen LogP contribution in [0.5, 0.6) is 0 Å². The van der Waals surface area contributed by atoms with Gasteiger partial charge < -0.3 is 9.64 Å². The Hall–Kier alpha value is -0.280. The highest BCUT2D eigenvalue weighted by Gasteiger charge is 2.34. The molecule has 1 amide bonds. The van der Waals surface area contributed by atoms with Crippen LogP contribution in [0.4, 0.5) is 0 Å². The molecule has 2 atom stereocenters. The second-order valence-electron chi connectivity index (χ2n) is 4.72. The van der Waals surface area contributed by atoms with Gasteiger partial charge in [0, 0.05) is 26.1 Å². The van der Waals surface area contributed by atoms with E-state index in [1.165, 1.54) is 0 Å². The zero-order valence-electron chi connectivity index (χ0n) is 11.0. The molecule has 4 heteroatoms. The molecule has 0 N–H and O–H groups in total. The minimum Gasteiger partial charge on any atom is -0.377 e. The molecule has 1 aliphatic heterocycles. The molecule has 0 aromatic rings. The SMILES string of the molecule is CCC1OCCC1C(=O)N(C)CCCCCCl. The standard InChI is InChI=1S/C13H24ClNO2/c1-3-12-11(7-10-17-12)13(16)15(2)9-6-4-5-8-14/h11-12H,3-10H2,1-2H3. The van der Waals surface area contributed by atoms with E-state index in [2.05, 4.69) is 6.92 Å². The molecule has 2 unspecified atom stereocenters. The lowest BCUT2D eigenvalue weighted by Gasteiger charge is -2.23. The zero-order chi connectivity index (χ0) is 12.7. The van der Waals surface area contributed by atoms with Crippen LogP contribution in [-0.4, -0.2) is 43.0 Å². The third-order valence-corrected chi connectivity index (χ3v) is 3.70. The monoisotopic (exact) mass is 261 g/mol. The highest BCUT2D eigenvalue weighted by molar-refractivity contribution is 6.17. The van der Waals surface area contributed by atoms with E-state index >= 15 is 0 Å². The average Bonchev–Trinajstić information content (AvgIpc) is 2.81. The van der Waals surface area contributed by atoms with Crippen molar-refractivity contribution < 1.29 is 9.53 Å². The Kier molecular flexibility index (Phi) is 6.90. The summed E-state index contributed by atoms with van der Waals surface area (Å²) in [5, 5.41) is 0. The van der Waals surface area contributed by atoms with Gasteiger partial charge in [-0.1, -0.05) is 13.3 Å². The number of alkyl halides is 1. The van der Waals surface area contributed by atoms with E-state index in [4.69, 9.17) is 16.3 Å². The van der Waals surface area contributed by atoms with Crippen LogP contribution in [0.2, 0.25) is 0 Å². The number of carbonyl (C=O) groups excluding carboxylic acids is 1. The van der Waals surface area contributed by atoms with E-state index in [0.717, 1.165) is 45.3 Å². The molecule has 100 valence electrons. The normalized spacial score (nSPS) is 23.9. The smallest absolute Gasteiger partial charge is 0.228 e. The number of carbonyl (C=O) groups is 1. The van der Waals surface area contributed by atoms with Gasteiger partial charge in [-0.15, -0.1) is 11.6 Å². The molecular weight excluding hydrogens is 238 g/mol. The molecule has 1 rings (SSSR count). The molecule has 0 aromatic carbocycles. The Morgan fingerprint density at radius 2 is 2.18 bits per heavy atom. The summed E-state index contributed by atoms with van der Waals surface area (Å²) in [6, 6.07) is 0. The van der Waals surface area contributed by atoms with Crippen molar-refractivity contribution in [3.8, 4) is 0 Å². The number of rotatable bonds is 7. The van der Waals surface area contributed by atoms with Crippen molar-refractivity contribution in [1.82, 2.24) is 4.90 Å². The second-order valence-corrected chi connectivity index (χ2v) is 5.10. The van der Waals surface area contributed by atoms with Crippen LogP contribution >= 0.6 is 11.6 Å². The van der Waals surface area contributed by atoms with Gasteiger partial charge in [0.05, 0.1) is 12.0 Å². The fourth-order valence-electron chi connectivity index (χ4n) is 2.35. The molecule has 0 aromatic heterocycles. The Morgan fingerprint density at radius 1 is 1.41 bits per heavy atom. The molecule has 0 bridgehead atoms. The first-order valence-electron chi connectivity index (χ1n) is 6.63. The summed E-state index contributed by atoms with van der Waals surface area (Å²) >= 11 is 5.62. The molecule has 0 spiro atoms. The van der Waals surface area contributed by atoms with Gasteiger partial charge in [-0.25, -0.2) is 0 Å². The molecule has 3 nitrogen and oxygen atoms in total. The van der Waals surface area contributed by atoms with Crippen LogP contribution in [0, 0.1) is 5.92 Å². The lowest BCUT2D eigenvalue weighted by Crippen LogP contribution is -2.37. The van der Waals surface area contributed by atoms with Crippen molar-refractivity contribution in [3.63, 3.8) is 0 Å². The van der Waals surface area contributed by atoms with Crippen molar-refractivity contribution in [2.75, 3.05) is 26.1 Å². The molecule has 0 radical (unpaired) electrons.